The van der Waals surface area contributed by atoms with Gasteiger partial charge in [0, 0.05) is 13.0 Å². The van der Waals surface area contributed by atoms with Crippen LogP contribution in [0.25, 0.3) is 0 Å². The molecule has 37 heavy (non-hydrogen) atoms. The molecule has 11 N–H and O–H groups in total. The van der Waals surface area contributed by atoms with Crippen LogP contribution in [0.3, 0.4) is 0 Å². The standard InChI is InChI=1S/C23H43N7O7/c1-12(2)10-16(29-19(33)14(24)6-5-9-27-23(25)26)21(35)30-17(11-13(3)4)20(34)28-15(22(36)37)7-8-18(31)32/h12-17H,5-11,24H2,1-4H3,(H,28,34)(H,29,33)(H,30,35)(H,31,32)(H,36,37)(H4,25,26,27). The number of carboxylic acids is 2. The predicted molar refractivity (Wildman–Crippen MR) is 137 cm³/mol. The molecule has 0 radical (unpaired) electrons. The molecule has 4 atom stereocenters. The molecule has 0 aromatic heterocycles. The molecule has 4 unspecified atom stereocenters. The second-order valence-electron chi connectivity index (χ2n) is 9.77. The first-order chi connectivity index (χ1) is 17.1. The van der Waals surface area contributed by atoms with Crippen molar-refractivity contribution >= 4 is 35.6 Å². The van der Waals surface area contributed by atoms with Gasteiger partial charge in [-0.05, 0) is 43.9 Å². The lowest BCUT2D eigenvalue weighted by Gasteiger charge is -2.26. The van der Waals surface area contributed by atoms with Crippen molar-refractivity contribution in [1.29, 1.82) is 0 Å². The Kier molecular flexibility index (Phi) is 15.5. The van der Waals surface area contributed by atoms with Gasteiger partial charge in [-0.2, -0.15) is 0 Å². The number of guanidine groups is 1. The Hall–Kier alpha value is -3.42. The van der Waals surface area contributed by atoms with E-state index in [-0.39, 0.29) is 43.5 Å². The number of hydrogen-bond donors (Lipinski definition) is 8. The van der Waals surface area contributed by atoms with Crippen LogP contribution in [0.2, 0.25) is 0 Å². The average Bonchev–Trinajstić information content (AvgIpc) is 2.76. The van der Waals surface area contributed by atoms with E-state index in [9.17, 15) is 29.1 Å². The molecule has 0 heterocycles. The number of aliphatic carboxylic acids is 2. The molecule has 0 aliphatic rings. The lowest BCUT2D eigenvalue weighted by molar-refractivity contribution is -0.143. The highest BCUT2D eigenvalue weighted by Crippen LogP contribution is 2.10. The molecule has 14 heteroatoms. The maximum absolute atomic E-state index is 13.1. The molecule has 0 aromatic carbocycles. The van der Waals surface area contributed by atoms with E-state index in [0.29, 0.717) is 13.0 Å². The van der Waals surface area contributed by atoms with Crippen molar-refractivity contribution in [3.63, 3.8) is 0 Å². The zero-order valence-corrected chi connectivity index (χ0v) is 22.0. The Balaban J connectivity index is 5.43. The molecule has 0 saturated carbocycles. The molecule has 3 amide bonds. The number of aliphatic imine (C=N–C) groups is 1. The summed E-state index contributed by atoms with van der Waals surface area (Å²) in [4.78, 5) is 64.7. The minimum absolute atomic E-state index is 0.0129. The first kappa shape index (κ1) is 33.6. The molecule has 0 spiro atoms. The van der Waals surface area contributed by atoms with Crippen LogP contribution in [-0.4, -0.2) is 76.5 Å². The van der Waals surface area contributed by atoms with Crippen LogP contribution >= 0.6 is 0 Å². The molecule has 14 nitrogen and oxygen atoms in total. The highest BCUT2D eigenvalue weighted by Gasteiger charge is 2.31. The van der Waals surface area contributed by atoms with Gasteiger partial charge in [-0.15, -0.1) is 0 Å². The molecule has 0 bridgehead atoms. The third-order valence-corrected chi connectivity index (χ3v) is 5.25. The van der Waals surface area contributed by atoms with E-state index in [1.54, 1.807) is 0 Å². The quantitative estimate of drug-likeness (QED) is 0.0601. The molecule has 0 rings (SSSR count). The monoisotopic (exact) mass is 529 g/mol. The first-order valence-corrected chi connectivity index (χ1v) is 12.3. The van der Waals surface area contributed by atoms with E-state index in [1.165, 1.54) is 0 Å². The van der Waals surface area contributed by atoms with Gasteiger partial charge in [0.25, 0.3) is 0 Å². The van der Waals surface area contributed by atoms with Crippen molar-refractivity contribution in [3.8, 4) is 0 Å². The largest absolute Gasteiger partial charge is 0.481 e. The van der Waals surface area contributed by atoms with Gasteiger partial charge < -0.3 is 43.4 Å². The molecule has 0 saturated heterocycles. The van der Waals surface area contributed by atoms with E-state index in [2.05, 4.69) is 20.9 Å². The van der Waals surface area contributed by atoms with Gasteiger partial charge in [-0.1, -0.05) is 27.7 Å². The summed E-state index contributed by atoms with van der Waals surface area (Å²) in [5.74, 6) is -4.61. The summed E-state index contributed by atoms with van der Waals surface area (Å²) >= 11 is 0. The van der Waals surface area contributed by atoms with Crippen LogP contribution in [0.15, 0.2) is 4.99 Å². The van der Waals surface area contributed by atoms with Gasteiger partial charge in [0.15, 0.2) is 5.96 Å². The van der Waals surface area contributed by atoms with Crippen LogP contribution in [0.4, 0.5) is 0 Å². The average molecular weight is 530 g/mol. The van der Waals surface area contributed by atoms with Crippen LogP contribution < -0.4 is 33.2 Å². The Morgan fingerprint density at radius 3 is 1.62 bits per heavy atom. The number of hydrogen-bond acceptors (Lipinski definition) is 7. The Morgan fingerprint density at radius 1 is 0.757 bits per heavy atom. The van der Waals surface area contributed by atoms with Crippen molar-refractivity contribution < 1.29 is 34.2 Å². The summed E-state index contributed by atoms with van der Waals surface area (Å²) in [6.07, 6.45) is 0.430. The Morgan fingerprint density at radius 2 is 1.22 bits per heavy atom. The lowest BCUT2D eigenvalue weighted by Crippen LogP contribution is -2.57. The van der Waals surface area contributed by atoms with Crippen LogP contribution in [0.5, 0.6) is 0 Å². The van der Waals surface area contributed by atoms with Gasteiger partial charge in [0.05, 0.1) is 6.04 Å². The fraction of sp³-hybridized carbons (Fsp3) is 0.739. The van der Waals surface area contributed by atoms with Crippen molar-refractivity contribution in [2.45, 2.75) is 90.4 Å². The second-order valence-corrected chi connectivity index (χ2v) is 9.77. The third-order valence-electron chi connectivity index (χ3n) is 5.25. The Labute approximate surface area is 217 Å². The summed E-state index contributed by atoms with van der Waals surface area (Å²) in [5.41, 5.74) is 16.5. The molecule has 0 aromatic rings. The maximum Gasteiger partial charge on any atom is 0.326 e. The Bertz CT molecular complexity index is 813. The van der Waals surface area contributed by atoms with Crippen LogP contribution in [0.1, 0.15) is 66.2 Å². The summed E-state index contributed by atoms with van der Waals surface area (Å²) in [7, 11) is 0. The number of nitrogens with zero attached hydrogens (tertiary/aromatic N) is 1. The number of rotatable bonds is 18. The molecule has 212 valence electrons. The van der Waals surface area contributed by atoms with Crippen molar-refractivity contribution in [3.05, 3.63) is 0 Å². The smallest absolute Gasteiger partial charge is 0.326 e. The number of nitrogens with two attached hydrogens (primary N) is 3. The van der Waals surface area contributed by atoms with Crippen LogP contribution in [-0.2, 0) is 24.0 Å². The zero-order valence-electron chi connectivity index (χ0n) is 22.0. The fourth-order valence-corrected chi connectivity index (χ4v) is 3.40. The molecular weight excluding hydrogens is 486 g/mol. The number of carbonyl (C=O) groups is 5. The number of nitrogens with one attached hydrogen (secondary N) is 3. The number of carboxylic acid groups (broad SMARTS) is 2. The minimum Gasteiger partial charge on any atom is -0.481 e. The first-order valence-electron chi connectivity index (χ1n) is 12.3. The predicted octanol–water partition coefficient (Wildman–Crippen LogP) is -1.14. The highest BCUT2D eigenvalue weighted by molar-refractivity contribution is 5.94. The third kappa shape index (κ3) is 15.3. The lowest BCUT2D eigenvalue weighted by atomic mass is 9.99. The fourth-order valence-electron chi connectivity index (χ4n) is 3.40. The number of amides is 3. The van der Waals surface area contributed by atoms with Gasteiger partial charge in [-0.3, -0.25) is 24.2 Å². The molecule has 0 aliphatic heterocycles. The highest BCUT2D eigenvalue weighted by atomic mass is 16.4. The summed E-state index contributed by atoms with van der Waals surface area (Å²) in [6.45, 7) is 7.66. The minimum atomic E-state index is -1.43. The second kappa shape index (κ2) is 17.1. The topological polar surface area (TPSA) is 252 Å². The molecular formula is C23H43N7O7. The van der Waals surface area contributed by atoms with Crippen molar-refractivity contribution in [2.24, 2.45) is 34.0 Å². The van der Waals surface area contributed by atoms with E-state index in [1.807, 2.05) is 27.7 Å². The van der Waals surface area contributed by atoms with E-state index in [4.69, 9.17) is 22.3 Å². The summed E-state index contributed by atoms with van der Waals surface area (Å²) in [5, 5.41) is 25.7. The van der Waals surface area contributed by atoms with Gasteiger partial charge in [-0.25, -0.2) is 4.79 Å². The summed E-state index contributed by atoms with van der Waals surface area (Å²) in [6, 6.07) is -4.42. The van der Waals surface area contributed by atoms with E-state index < -0.39 is 60.2 Å². The van der Waals surface area contributed by atoms with E-state index >= 15 is 0 Å². The number of carbonyl (C=O) groups excluding carboxylic acids is 3. The van der Waals surface area contributed by atoms with Gasteiger partial charge >= 0.3 is 11.9 Å². The SMILES string of the molecule is CC(C)CC(NC(=O)C(N)CCCN=C(N)N)C(=O)NC(CC(C)C)C(=O)NC(CCC(=O)O)C(=O)O. The summed E-state index contributed by atoms with van der Waals surface area (Å²) < 4.78 is 0. The van der Waals surface area contributed by atoms with Crippen LogP contribution in [0, 0.1) is 11.8 Å². The maximum atomic E-state index is 13.1. The van der Waals surface area contributed by atoms with Crippen molar-refractivity contribution in [1.82, 2.24) is 16.0 Å². The van der Waals surface area contributed by atoms with Gasteiger partial charge in [0.1, 0.15) is 18.1 Å². The van der Waals surface area contributed by atoms with Crippen molar-refractivity contribution in [2.75, 3.05) is 6.54 Å². The van der Waals surface area contributed by atoms with Gasteiger partial charge in [0.2, 0.25) is 17.7 Å². The molecule has 0 fully saturated rings. The zero-order chi connectivity index (χ0) is 28.7. The molecule has 0 aliphatic carbocycles. The normalized spacial score (nSPS) is 14.2. The van der Waals surface area contributed by atoms with E-state index in [0.717, 1.165) is 0 Å².